The van der Waals surface area contributed by atoms with Crippen molar-refractivity contribution in [2.75, 3.05) is 39.5 Å². The van der Waals surface area contributed by atoms with Crippen LogP contribution in [0.4, 0.5) is 0 Å². The van der Waals surface area contributed by atoms with E-state index in [9.17, 15) is 8.42 Å². The summed E-state index contributed by atoms with van der Waals surface area (Å²) in [5.41, 5.74) is 0. The standard InChI is InChI=1S/C13H27N3O2S/c1-15-8-3-4-12(5-9-15)14-13-6-10-16(11-7-13)19(2,17)18/h12-14H,3-11H2,1-2H3. The summed E-state index contributed by atoms with van der Waals surface area (Å²) in [5.74, 6) is 0. The molecule has 0 bridgehead atoms. The van der Waals surface area contributed by atoms with Crippen molar-refractivity contribution in [3.63, 3.8) is 0 Å². The van der Waals surface area contributed by atoms with Gasteiger partial charge in [0.1, 0.15) is 0 Å². The Bertz CT molecular complexity index is 377. The largest absolute Gasteiger partial charge is 0.311 e. The maximum Gasteiger partial charge on any atom is 0.211 e. The molecule has 0 radical (unpaired) electrons. The zero-order valence-electron chi connectivity index (χ0n) is 12.1. The predicted octanol–water partition coefficient (Wildman–Crippen LogP) is 0.484. The summed E-state index contributed by atoms with van der Waals surface area (Å²) in [5, 5.41) is 3.74. The number of likely N-dealkylation sites (tertiary alicyclic amines) is 1. The lowest BCUT2D eigenvalue weighted by atomic mass is 10.0. The number of sulfonamides is 1. The lowest BCUT2D eigenvalue weighted by Crippen LogP contribution is -2.47. The minimum atomic E-state index is -3.00. The van der Waals surface area contributed by atoms with E-state index in [-0.39, 0.29) is 0 Å². The van der Waals surface area contributed by atoms with E-state index in [1.54, 1.807) is 4.31 Å². The third-order valence-corrected chi connectivity index (χ3v) is 5.65. The molecule has 5 nitrogen and oxygen atoms in total. The Balaban J connectivity index is 1.76. The molecule has 2 saturated heterocycles. The number of hydrogen-bond donors (Lipinski definition) is 1. The molecule has 1 unspecified atom stereocenters. The van der Waals surface area contributed by atoms with Crippen LogP contribution >= 0.6 is 0 Å². The second-order valence-corrected chi connectivity index (χ2v) is 8.02. The van der Waals surface area contributed by atoms with Gasteiger partial charge in [0.2, 0.25) is 10.0 Å². The number of piperidine rings is 1. The Morgan fingerprint density at radius 2 is 1.53 bits per heavy atom. The molecular formula is C13H27N3O2S. The molecule has 1 N–H and O–H groups in total. The summed E-state index contributed by atoms with van der Waals surface area (Å²) in [7, 11) is -0.809. The summed E-state index contributed by atoms with van der Waals surface area (Å²) in [6.45, 7) is 3.71. The zero-order valence-corrected chi connectivity index (χ0v) is 13.0. The second kappa shape index (κ2) is 6.52. The number of nitrogens with one attached hydrogen (secondary N) is 1. The van der Waals surface area contributed by atoms with Gasteiger partial charge in [0.15, 0.2) is 0 Å². The molecule has 0 aliphatic carbocycles. The van der Waals surface area contributed by atoms with Gasteiger partial charge in [-0.2, -0.15) is 0 Å². The Labute approximate surface area is 117 Å². The molecule has 0 aromatic carbocycles. The fraction of sp³-hybridized carbons (Fsp3) is 1.00. The van der Waals surface area contributed by atoms with Crippen LogP contribution < -0.4 is 5.32 Å². The van der Waals surface area contributed by atoms with E-state index < -0.39 is 10.0 Å². The van der Waals surface area contributed by atoms with Crippen LogP contribution in [0.15, 0.2) is 0 Å². The average Bonchev–Trinajstić information content (AvgIpc) is 2.54. The second-order valence-electron chi connectivity index (χ2n) is 6.03. The molecule has 6 heteroatoms. The predicted molar refractivity (Wildman–Crippen MR) is 77.7 cm³/mol. The summed E-state index contributed by atoms with van der Waals surface area (Å²) in [6, 6.07) is 1.10. The van der Waals surface area contributed by atoms with E-state index in [0.29, 0.717) is 25.2 Å². The zero-order chi connectivity index (χ0) is 13.9. The van der Waals surface area contributed by atoms with Crippen molar-refractivity contribution in [1.82, 2.24) is 14.5 Å². The Hall–Kier alpha value is -0.170. The summed E-state index contributed by atoms with van der Waals surface area (Å²) in [6.07, 6.45) is 6.91. The molecule has 2 aliphatic heterocycles. The summed E-state index contributed by atoms with van der Waals surface area (Å²) >= 11 is 0. The fourth-order valence-corrected chi connectivity index (χ4v) is 3.97. The third-order valence-electron chi connectivity index (χ3n) is 4.35. The highest BCUT2D eigenvalue weighted by Gasteiger charge is 2.26. The molecule has 0 aromatic rings. The molecule has 0 saturated carbocycles. The van der Waals surface area contributed by atoms with Crippen molar-refractivity contribution >= 4 is 10.0 Å². The molecular weight excluding hydrogens is 262 g/mol. The molecule has 0 amide bonds. The molecule has 2 rings (SSSR count). The van der Waals surface area contributed by atoms with E-state index in [1.807, 2.05) is 0 Å². The van der Waals surface area contributed by atoms with Gasteiger partial charge in [0.25, 0.3) is 0 Å². The number of rotatable bonds is 3. The van der Waals surface area contributed by atoms with E-state index in [1.165, 1.54) is 38.6 Å². The first kappa shape index (κ1) is 15.2. The van der Waals surface area contributed by atoms with E-state index in [2.05, 4.69) is 17.3 Å². The summed E-state index contributed by atoms with van der Waals surface area (Å²) in [4.78, 5) is 2.40. The van der Waals surface area contributed by atoms with Crippen LogP contribution in [0.3, 0.4) is 0 Å². The van der Waals surface area contributed by atoms with Gasteiger partial charge in [-0.05, 0) is 52.2 Å². The van der Waals surface area contributed by atoms with Crippen LogP contribution in [0.2, 0.25) is 0 Å². The highest BCUT2D eigenvalue weighted by molar-refractivity contribution is 7.88. The fourth-order valence-electron chi connectivity index (χ4n) is 3.09. The van der Waals surface area contributed by atoms with Crippen LogP contribution in [0.1, 0.15) is 32.1 Å². The van der Waals surface area contributed by atoms with Crippen LogP contribution in [0, 0.1) is 0 Å². The molecule has 0 aromatic heterocycles. The first-order valence-electron chi connectivity index (χ1n) is 7.35. The van der Waals surface area contributed by atoms with Gasteiger partial charge in [0.05, 0.1) is 6.26 Å². The van der Waals surface area contributed by atoms with E-state index in [4.69, 9.17) is 0 Å². The molecule has 19 heavy (non-hydrogen) atoms. The minimum absolute atomic E-state index is 0.492. The Morgan fingerprint density at radius 1 is 0.947 bits per heavy atom. The first-order chi connectivity index (χ1) is 8.95. The molecule has 2 aliphatic rings. The lowest BCUT2D eigenvalue weighted by molar-refractivity contribution is 0.265. The minimum Gasteiger partial charge on any atom is -0.311 e. The highest BCUT2D eigenvalue weighted by atomic mass is 32.2. The van der Waals surface area contributed by atoms with Crippen LogP contribution in [0.25, 0.3) is 0 Å². The van der Waals surface area contributed by atoms with Crippen molar-refractivity contribution in [3.8, 4) is 0 Å². The summed E-state index contributed by atoms with van der Waals surface area (Å²) < 4.78 is 24.5. The number of nitrogens with zero attached hydrogens (tertiary/aromatic N) is 2. The maximum absolute atomic E-state index is 11.5. The van der Waals surface area contributed by atoms with Gasteiger partial charge in [-0.15, -0.1) is 0 Å². The van der Waals surface area contributed by atoms with Gasteiger partial charge in [-0.1, -0.05) is 0 Å². The molecule has 2 heterocycles. The average molecular weight is 289 g/mol. The Morgan fingerprint density at radius 3 is 2.16 bits per heavy atom. The quantitative estimate of drug-likeness (QED) is 0.821. The SMILES string of the molecule is CN1CCCC(NC2CCN(S(C)(=O)=O)CC2)CC1. The highest BCUT2D eigenvalue weighted by Crippen LogP contribution is 2.16. The van der Waals surface area contributed by atoms with Crippen molar-refractivity contribution in [3.05, 3.63) is 0 Å². The van der Waals surface area contributed by atoms with Crippen molar-refractivity contribution < 1.29 is 8.42 Å². The lowest BCUT2D eigenvalue weighted by Gasteiger charge is -2.33. The first-order valence-corrected chi connectivity index (χ1v) is 9.19. The molecule has 0 spiro atoms. The van der Waals surface area contributed by atoms with Gasteiger partial charge in [-0.25, -0.2) is 12.7 Å². The van der Waals surface area contributed by atoms with Crippen molar-refractivity contribution in [2.24, 2.45) is 0 Å². The van der Waals surface area contributed by atoms with E-state index in [0.717, 1.165) is 12.8 Å². The third kappa shape index (κ3) is 4.70. The van der Waals surface area contributed by atoms with Crippen LogP contribution in [-0.4, -0.2) is 69.2 Å². The van der Waals surface area contributed by atoms with Gasteiger partial charge in [-0.3, -0.25) is 0 Å². The molecule has 2 fully saturated rings. The van der Waals surface area contributed by atoms with Crippen LogP contribution in [-0.2, 0) is 10.0 Å². The van der Waals surface area contributed by atoms with Crippen LogP contribution in [0.5, 0.6) is 0 Å². The van der Waals surface area contributed by atoms with Crippen molar-refractivity contribution in [1.29, 1.82) is 0 Å². The topological polar surface area (TPSA) is 52.6 Å². The maximum atomic E-state index is 11.5. The number of hydrogen-bond acceptors (Lipinski definition) is 4. The van der Waals surface area contributed by atoms with E-state index >= 15 is 0 Å². The van der Waals surface area contributed by atoms with Crippen molar-refractivity contribution in [2.45, 2.75) is 44.2 Å². The van der Waals surface area contributed by atoms with Gasteiger partial charge >= 0.3 is 0 Å². The van der Waals surface area contributed by atoms with Gasteiger partial charge in [0, 0.05) is 25.2 Å². The molecule has 112 valence electrons. The Kier molecular flexibility index (Phi) is 5.22. The normalized spacial score (nSPS) is 29.3. The smallest absolute Gasteiger partial charge is 0.211 e. The monoisotopic (exact) mass is 289 g/mol. The van der Waals surface area contributed by atoms with Gasteiger partial charge < -0.3 is 10.2 Å². The molecule has 1 atom stereocenters.